The maximum Gasteiger partial charge on any atom is 0.250 e. The van der Waals surface area contributed by atoms with Crippen LogP contribution in [0.25, 0.3) is 0 Å². The topological polar surface area (TPSA) is 55.2 Å². The van der Waals surface area contributed by atoms with Gasteiger partial charge < -0.3 is 9.47 Å². The summed E-state index contributed by atoms with van der Waals surface area (Å²) in [7, 11) is 0. The molecule has 0 bridgehead atoms. The van der Waals surface area contributed by atoms with Crippen LogP contribution in [0.2, 0.25) is 0 Å². The van der Waals surface area contributed by atoms with Gasteiger partial charge in [-0.05, 0) is 37.0 Å². The van der Waals surface area contributed by atoms with E-state index in [1.807, 2.05) is 23.1 Å². The summed E-state index contributed by atoms with van der Waals surface area (Å²) in [6.07, 6.45) is 5.35. The zero-order valence-electron chi connectivity index (χ0n) is 12.4. The van der Waals surface area contributed by atoms with Gasteiger partial charge in [-0.1, -0.05) is 12.1 Å². The Morgan fingerprint density at radius 1 is 1.23 bits per heavy atom. The van der Waals surface area contributed by atoms with Crippen molar-refractivity contribution < 1.29 is 4.79 Å². The van der Waals surface area contributed by atoms with Gasteiger partial charge in [-0.25, -0.2) is 0 Å². The Morgan fingerprint density at radius 2 is 2.09 bits per heavy atom. The lowest BCUT2D eigenvalue weighted by Crippen LogP contribution is -2.34. The van der Waals surface area contributed by atoms with Crippen molar-refractivity contribution in [2.45, 2.75) is 19.4 Å². The second kappa shape index (κ2) is 6.56. The van der Waals surface area contributed by atoms with Crippen LogP contribution in [0.3, 0.4) is 0 Å². The molecule has 0 saturated carbocycles. The summed E-state index contributed by atoms with van der Waals surface area (Å²) in [5, 5.41) is 0. The van der Waals surface area contributed by atoms with E-state index in [9.17, 15) is 9.59 Å². The molecule has 22 heavy (non-hydrogen) atoms. The minimum Gasteiger partial charge on any atom is -0.341 e. The van der Waals surface area contributed by atoms with Gasteiger partial charge >= 0.3 is 0 Å². The Morgan fingerprint density at radius 3 is 2.86 bits per heavy atom. The number of likely N-dealkylation sites (tertiary alicyclic amines) is 1. The van der Waals surface area contributed by atoms with Gasteiger partial charge in [0.2, 0.25) is 5.91 Å². The minimum atomic E-state index is -0.139. The van der Waals surface area contributed by atoms with Crippen molar-refractivity contribution in [2.75, 3.05) is 13.1 Å². The van der Waals surface area contributed by atoms with Crippen molar-refractivity contribution >= 4 is 5.91 Å². The first kappa shape index (κ1) is 14.5. The van der Waals surface area contributed by atoms with Crippen molar-refractivity contribution in [3.8, 4) is 0 Å². The van der Waals surface area contributed by atoms with E-state index in [1.54, 1.807) is 24.5 Å². The number of rotatable bonds is 4. The highest BCUT2D eigenvalue weighted by Crippen LogP contribution is 2.20. The van der Waals surface area contributed by atoms with Crippen molar-refractivity contribution in [3.05, 3.63) is 64.8 Å². The fraction of sp³-hybridized carbons (Fsp3) is 0.353. The number of hydrogen-bond donors (Lipinski definition) is 0. The van der Waals surface area contributed by atoms with Crippen LogP contribution in [0.1, 0.15) is 12.1 Å². The van der Waals surface area contributed by atoms with Crippen molar-refractivity contribution in [1.82, 2.24) is 14.5 Å². The predicted octanol–water partition coefficient (Wildman–Crippen LogP) is 1.33. The van der Waals surface area contributed by atoms with Crippen molar-refractivity contribution in [3.63, 3.8) is 0 Å². The number of hydrogen-bond acceptors (Lipinski definition) is 3. The monoisotopic (exact) mass is 297 g/mol. The molecule has 5 nitrogen and oxygen atoms in total. The molecule has 1 atom stereocenters. The molecule has 0 aliphatic carbocycles. The Labute approximate surface area is 129 Å². The molecule has 1 fully saturated rings. The summed E-state index contributed by atoms with van der Waals surface area (Å²) in [5.41, 5.74) is 0.932. The second-order valence-corrected chi connectivity index (χ2v) is 5.69. The Balaban J connectivity index is 1.57. The molecule has 0 N–H and O–H groups in total. The van der Waals surface area contributed by atoms with Crippen LogP contribution in [0, 0.1) is 5.92 Å². The highest BCUT2D eigenvalue weighted by Gasteiger charge is 2.26. The molecule has 1 amide bonds. The predicted molar refractivity (Wildman–Crippen MR) is 83.3 cm³/mol. The van der Waals surface area contributed by atoms with Gasteiger partial charge in [0.1, 0.15) is 6.54 Å². The van der Waals surface area contributed by atoms with Gasteiger partial charge in [-0.15, -0.1) is 0 Å². The van der Waals surface area contributed by atoms with Gasteiger partial charge in [0.25, 0.3) is 5.56 Å². The number of carbonyl (C=O) groups excluding carboxylic acids is 1. The molecule has 1 unspecified atom stereocenters. The maximum atomic E-state index is 12.3. The van der Waals surface area contributed by atoms with Gasteiger partial charge in [0.05, 0.1) is 0 Å². The molecule has 2 aromatic heterocycles. The van der Waals surface area contributed by atoms with E-state index in [1.165, 1.54) is 10.6 Å². The molecule has 2 aromatic rings. The Kier molecular flexibility index (Phi) is 4.32. The third kappa shape index (κ3) is 3.42. The maximum absolute atomic E-state index is 12.3. The van der Waals surface area contributed by atoms with E-state index in [2.05, 4.69) is 4.98 Å². The van der Waals surface area contributed by atoms with Crippen LogP contribution in [-0.4, -0.2) is 33.4 Å². The van der Waals surface area contributed by atoms with Crippen LogP contribution in [0.5, 0.6) is 0 Å². The van der Waals surface area contributed by atoms with Crippen molar-refractivity contribution in [1.29, 1.82) is 0 Å². The lowest BCUT2D eigenvalue weighted by Gasteiger charge is -2.17. The zero-order chi connectivity index (χ0) is 15.4. The summed E-state index contributed by atoms with van der Waals surface area (Å²) in [5.74, 6) is 0.461. The highest BCUT2D eigenvalue weighted by atomic mass is 16.2. The minimum absolute atomic E-state index is 0.0109. The number of amides is 1. The van der Waals surface area contributed by atoms with Crippen molar-refractivity contribution in [2.24, 2.45) is 5.92 Å². The van der Waals surface area contributed by atoms with Gasteiger partial charge in [-0.2, -0.15) is 0 Å². The smallest absolute Gasteiger partial charge is 0.250 e. The third-order valence-electron chi connectivity index (χ3n) is 4.07. The van der Waals surface area contributed by atoms with Crippen LogP contribution in [0.15, 0.2) is 53.6 Å². The molecular weight excluding hydrogens is 278 g/mol. The van der Waals surface area contributed by atoms with E-state index in [0.717, 1.165) is 31.6 Å². The average molecular weight is 297 g/mol. The molecule has 0 spiro atoms. The molecule has 1 saturated heterocycles. The molecule has 0 aromatic carbocycles. The first-order valence-corrected chi connectivity index (χ1v) is 7.55. The SMILES string of the molecule is O=C(Cn1ccccc1=O)N1CCC(Cc2ccccn2)C1. The number of carbonyl (C=O) groups is 1. The van der Waals surface area contributed by atoms with Crippen LogP contribution < -0.4 is 5.56 Å². The molecule has 3 rings (SSSR count). The summed E-state index contributed by atoms with van der Waals surface area (Å²) in [6.45, 7) is 1.63. The fourth-order valence-corrected chi connectivity index (χ4v) is 2.88. The van der Waals surface area contributed by atoms with Gasteiger partial charge in [-0.3, -0.25) is 14.6 Å². The Hall–Kier alpha value is -2.43. The standard InChI is InChI=1S/C17H19N3O2/c21-16-6-2-4-9-19(16)13-17(22)20-10-7-14(12-20)11-15-5-1-3-8-18-15/h1-6,8-9,14H,7,10-13H2. The quantitative estimate of drug-likeness (QED) is 0.855. The lowest BCUT2D eigenvalue weighted by molar-refractivity contribution is -0.130. The highest BCUT2D eigenvalue weighted by molar-refractivity contribution is 5.76. The van der Waals surface area contributed by atoms with Crippen LogP contribution in [0.4, 0.5) is 0 Å². The van der Waals surface area contributed by atoms with E-state index >= 15 is 0 Å². The molecular formula is C17H19N3O2. The number of nitrogens with zero attached hydrogens (tertiary/aromatic N) is 3. The molecule has 3 heterocycles. The first-order valence-electron chi connectivity index (χ1n) is 7.55. The molecule has 0 radical (unpaired) electrons. The van der Waals surface area contributed by atoms with Crippen LogP contribution in [-0.2, 0) is 17.8 Å². The molecule has 114 valence electrons. The van der Waals surface area contributed by atoms with E-state index in [0.29, 0.717) is 5.92 Å². The number of aromatic nitrogens is 2. The summed E-state index contributed by atoms with van der Waals surface area (Å²) < 4.78 is 1.45. The van der Waals surface area contributed by atoms with Gasteiger partial charge in [0.15, 0.2) is 0 Å². The molecule has 1 aliphatic heterocycles. The van der Waals surface area contributed by atoms with E-state index in [4.69, 9.17) is 0 Å². The largest absolute Gasteiger partial charge is 0.341 e. The van der Waals surface area contributed by atoms with E-state index < -0.39 is 0 Å². The zero-order valence-corrected chi connectivity index (χ0v) is 12.4. The third-order valence-corrected chi connectivity index (χ3v) is 4.07. The summed E-state index contributed by atoms with van der Waals surface area (Å²) in [6, 6.07) is 10.8. The second-order valence-electron chi connectivity index (χ2n) is 5.69. The normalized spacial score (nSPS) is 17.6. The molecule has 5 heteroatoms. The average Bonchev–Trinajstić information content (AvgIpc) is 2.99. The van der Waals surface area contributed by atoms with Gasteiger partial charge in [0, 0.05) is 37.2 Å². The fourth-order valence-electron chi connectivity index (χ4n) is 2.88. The van der Waals surface area contributed by atoms with E-state index in [-0.39, 0.29) is 18.0 Å². The van der Waals surface area contributed by atoms with Crippen LogP contribution >= 0.6 is 0 Å². The first-order chi connectivity index (χ1) is 10.7. The lowest BCUT2D eigenvalue weighted by atomic mass is 10.0. The number of pyridine rings is 2. The summed E-state index contributed by atoms with van der Waals surface area (Å²) >= 11 is 0. The summed E-state index contributed by atoms with van der Waals surface area (Å²) in [4.78, 5) is 30.2. The Bertz CT molecular complexity index is 696. The molecule has 1 aliphatic rings.